The summed E-state index contributed by atoms with van der Waals surface area (Å²) >= 11 is 0. The maximum Gasteiger partial charge on any atom is 0.263 e. The Kier molecular flexibility index (Phi) is 7.30. The second kappa shape index (κ2) is 9.74. The van der Waals surface area contributed by atoms with Crippen molar-refractivity contribution in [2.24, 2.45) is 0 Å². The molecule has 2 aromatic rings. The molecule has 0 N–H and O–H groups in total. The molecule has 1 aromatic carbocycles. The Labute approximate surface area is 178 Å². The van der Waals surface area contributed by atoms with Gasteiger partial charge in [0.2, 0.25) is 10.0 Å². The summed E-state index contributed by atoms with van der Waals surface area (Å²) in [5, 5.41) is 7.95. The van der Waals surface area contributed by atoms with E-state index in [9.17, 15) is 13.2 Å². The van der Waals surface area contributed by atoms with Crippen molar-refractivity contribution < 1.29 is 18.0 Å². The van der Waals surface area contributed by atoms with Gasteiger partial charge in [0.1, 0.15) is 11.0 Å². The summed E-state index contributed by atoms with van der Waals surface area (Å²) in [6.07, 6.45) is 5.57. The molecule has 1 heterocycles. The molecule has 0 spiro atoms. The van der Waals surface area contributed by atoms with Crippen LogP contribution < -0.4 is 4.84 Å². The molecule has 1 aliphatic rings. The van der Waals surface area contributed by atoms with Crippen LogP contribution in [0.25, 0.3) is 11.0 Å². The fourth-order valence-corrected chi connectivity index (χ4v) is 5.56. The zero-order valence-electron chi connectivity index (χ0n) is 18.0. The summed E-state index contributed by atoms with van der Waals surface area (Å²) in [4.78, 5) is 21.5. The Morgan fingerprint density at radius 1 is 1.13 bits per heavy atom. The number of hydrogen-bond acceptors (Lipinski definition) is 6. The number of sulfonamides is 1. The largest absolute Gasteiger partial charge is 0.385 e. The van der Waals surface area contributed by atoms with E-state index >= 15 is 0 Å². The zero-order valence-corrected chi connectivity index (χ0v) is 18.8. The van der Waals surface area contributed by atoms with E-state index < -0.39 is 10.0 Å². The highest BCUT2D eigenvalue weighted by Crippen LogP contribution is 2.23. The van der Waals surface area contributed by atoms with Crippen LogP contribution in [0.4, 0.5) is 0 Å². The lowest BCUT2D eigenvalue weighted by atomic mass is 9.94. The van der Waals surface area contributed by atoms with Crippen molar-refractivity contribution in [2.45, 2.75) is 63.8 Å². The molecule has 10 heteroatoms. The van der Waals surface area contributed by atoms with E-state index in [0.29, 0.717) is 30.7 Å². The first kappa shape index (κ1) is 22.5. The minimum Gasteiger partial charge on any atom is -0.385 e. The molecular formula is C20H31N5O4S. The van der Waals surface area contributed by atoms with Crippen LogP contribution in [0.15, 0.2) is 23.1 Å². The molecule has 0 bridgehead atoms. The Bertz CT molecular complexity index is 965. The van der Waals surface area contributed by atoms with Gasteiger partial charge in [0.05, 0.1) is 4.90 Å². The van der Waals surface area contributed by atoms with Gasteiger partial charge in [-0.15, -0.1) is 5.10 Å². The highest BCUT2D eigenvalue weighted by atomic mass is 32.2. The Hall–Kier alpha value is -2.20. The van der Waals surface area contributed by atoms with Crippen molar-refractivity contribution in [1.29, 1.82) is 0 Å². The first-order valence-electron chi connectivity index (χ1n) is 10.7. The topological polar surface area (TPSA) is 97.6 Å². The van der Waals surface area contributed by atoms with Crippen LogP contribution in [-0.2, 0) is 14.8 Å². The van der Waals surface area contributed by atoms with Crippen molar-refractivity contribution >= 4 is 27.0 Å². The fourth-order valence-electron chi connectivity index (χ4n) is 4.08. The van der Waals surface area contributed by atoms with Crippen molar-refractivity contribution in [3.63, 3.8) is 0 Å². The number of carbonyl (C=O) groups is 1. The van der Waals surface area contributed by atoms with E-state index in [1.54, 1.807) is 19.9 Å². The first-order chi connectivity index (χ1) is 14.4. The van der Waals surface area contributed by atoms with E-state index in [0.717, 1.165) is 30.5 Å². The summed E-state index contributed by atoms with van der Waals surface area (Å²) in [6, 6.07) is 4.87. The molecule has 1 fully saturated rings. The monoisotopic (exact) mass is 437 g/mol. The van der Waals surface area contributed by atoms with Gasteiger partial charge in [0, 0.05) is 25.7 Å². The first-order valence-corrected chi connectivity index (χ1v) is 12.1. The molecule has 0 radical (unpaired) electrons. The second-order valence-corrected chi connectivity index (χ2v) is 9.39. The second-order valence-electron chi connectivity index (χ2n) is 7.45. The summed E-state index contributed by atoms with van der Waals surface area (Å²) in [6.45, 7) is 6.80. The number of rotatable bonds is 9. The molecule has 3 rings (SSSR count). The van der Waals surface area contributed by atoms with Crippen LogP contribution in [0.1, 0.15) is 52.9 Å². The predicted octanol–water partition coefficient (Wildman–Crippen LogP) is 2.07. The number of nitrogens with zero attached hydrogens (tertiary/aromatic N) is 5. The molecule has 1 amide bonds. The number of amides is 1. The minimum absolute atomic E-state index is 0.0973. The third-order valence-corrected chi connectivity index (χ3v) is 7.76. The molecule has 0 saturated heterocycles. The fraction of sp³-hybridized carbons (Fsp3) is 0.650. The zero-order chi connectivity index (χ0) is 21.7. The van der Waals surface area contributed by atoms with Gasteiger partial charge in [-0.2, -0.15) is 4.31 Å². The molecule has 9 nitrogen and oxygen atoms in total. The Morgan fingerprint density at radius 3 is 2.47 bits per heavy atom. The van der Waals surface area contributed by atoms with Crippen molar-refractivity contribution in [2.75, 3.05) is 26.2 Å². The molecule has 166 valence electrons. The maximum absolute atomic E-state index is 12.8. The molecular weight excluding hydrogens is 406 g/mol. The summed E-state index contributed by atoms with van der Waals surface area (Å²) in [5.74, 6) is -0.0973. The third-order valence-electron chi connectivity index (χ3n) is 5.72. The van der Waals surface area contributed by atoms with E-state index in [1.807, 2.05) is 11.8 Å². The summed E-state index contributed by atoms with van der Waals surface area (Å²) < 4.78 is 27.0. The standard InChI is InChI=1S/C20H31N5O4S/c1-4-23(5-2)30(27,28)17-12-13-18-19(14-17)25(22-21-18)29-15-20(26)24(6-3)16-10-8-7-9-11-16/h12-14,16H,4-11,15H2,1-3H3. The van der Waals surface area contributed by atoms with Gasteiger partial charge in [-0.3, -0.25) is 4.79 Å². The Morgan fingerprint density at radius 2 is 1.83 bits per heavy atom. The van der Waals surface area contributed by atoms with Crippen molar-refractivity contribution in [1.82, 2.24) is 24.4 Å². The van der Waals surface area contributed by atoms with Crippen LogP contribution in [-0.4, -0.2) is 71.0 Å². The summed E-state index contributed by atoms with van der Waals surface area (Å²) in [5.41, 5.74) is 0.914. The van der Waals surface area contributed by atoms with Crippen LogP contribution in [0.3, 0.4) is 0 Å². The number of likely N-dealkylation sites (N-methyl/N-ethyl adjacent to an activating group) is 1. The normalized spacial score (nSPS) is 15.6. The average Bonchev–Trinajstić information content (AvgIpc) is 3.16. The number of carbonyl (C=O) groups excluding carboxylic acids is 1. The number of hydrogen-bond donors (Lipinski definition) is 0. The molecule has 0 atom stereocenters. The van der Waals surface area contributed by atoms with Gasteiger partial charge in [0.25, 0.3) is 5.91 Å². The SMILES string of the molecule is CCN(C(=O)COn1nnc2ccc(S(=O)(=O)N(CC)CC)cc21)C1CCCCC1. The van der Waals surface area contributed by atoms with E-state index in [-0.39, 0.29) is 23.5 Å². The van der Waals surface area contributed by atoms with Gasteiger partial charge in [-0.1, -0.05) is 38.0 Å². The quantitative estimate of drug-likeness (QED) is 0.596. The van der Waals surface area contributed by atoms with Crippen molar-refractivity contribution in [3.05, 3.63) is 18.2 Å². The highest BCUT2D eigenvalue weighted by molar-refractivity contribution is 7.89. The number of aromatic nitrogens is 3. The molecule has 0 aliphatic heterocycles. The average molecular weight is 438 g/mol. The van der Waals surface area contributed by atoms with Crippen LogP contribution in [0.5, 0.6) is 0 Å². The highest BCUT2D eigenvalue weighted by Gasteiger charge is 2.25. The number of benzene rings is 1. The van der Waals surface area contributed by atoms with Gasteiger partial charge in [-0.25, -0.2) is 8.42 Å². The lowest BCUT2D eigenvalue weighted by Crippen LogP contribution is -2.44. The predicted molar refractivity (Wildman–Crippen MR) is 113 cm³/mol. The lowest BCUT2D eigenvalue weighted by Gasteiger charge is -2.33. The number of fused-ring (bicyclic) bond motifs is 1. The molecule has 1 aliphatic carbocycles. The molecule has 1 saturated carbocycles. The van der Waals surface area contributed by atoms with E-state index in [2.05, 4.69) is 10.3 Å². The molecule has 1 aromatic heterocycles. The van der Waals surface area contributed by atoms with Gasteiger partial charge in [-0.05, 0) is 43.2 Å². The molecule has 30 heavy (non-hydrogen) atoms. The van der Waals surface area contributed by atoms with Crippen LogP contribution >= 0.6 is 0 Å². The lowest BCUT2D eigenvalue weighted by molar-refractivity contribution is -0.139. The third kappa shape index (κ3) is 4.59. The van der Waals surface area contributed by atoms with Gasteiger partial charge >= 0.3 is 0 Å². The van der Waals surface area contributed by atoms with Crippen LogP contribution in [0, 0.1) is 0 Å². The Balaban J connectivity index is 1.77. The summed E-state index contributed by atoms with van der Waals surface area (Å²) in [7, 11) is -3.62. The van der Waals surface area contributed by atoms with Crippen LogP contribution in [0.2, 0.25) is 0 Å². The van der Waals surface area contributed by atoms with E-state index in [1.165, 1.54) is 22.9 Å². The van der Waals surface area contributed by atoms with Crippen molar-refractivity contribution in [3.8, 4) is 0 Å². The maximum atomic E-state index is 12.8. The van der Waals surface area contributed by atoms with Gasteiger partial charge < -0.3 is 9.74 Å². The smallest absolute Gasteiger partial charge is 0.263 e. The van der Waals surface area contributed by atoms with Gasteiger partial charge in [0.15, 0.2) is 6.61 Å². The van der Waals surface area contributed by atoms with E-state index in [4.69, 9.17) is 4.84 Å². The minimum atomic E-state index is -3.62. The molecule has 0 unspecified atom stereocenters.